The molecule has 0 unspecified atom stereocenters. The highest BCUT2D eigenvalue weighted by atomic mass is 19.1. The SMILES string of the molecule is Cc1cc(CNC(=O)c2nn(C)c3c2C[C@@H](C)O[C@H]3C)ccc1F. The minimum atomic E-state index is -0.244. The van der Waals surface area contributed by atoms with Crippen LogP contribution in [0, 0.1) is 12.7 Å². The van der Waals surface area contributed by atoms with Gasteiger partial charge in [0.2, 0.25) is 0 Å². The molecule has 3 rings (SSSR count). The molecule has 0 saturated carbocycles. The predicted octanol–water partition coefficient (Wildman–Crippen LogP) is 2.82. The second-order valence-electron chi connectivity index (χ2n) is 6.40. The minimum Gasteiger partial charge on any atom is -0.369 e. The summed E-state index contributed by atoms with van der Waals surface area (Å²) in [4.78, 5) is 12.6. The zero-order chi connectivity index (χ0) is 17.4. The number of amides is 1. The number of rotatable bonds is 3. The number of carbonyl (C=O) groups excluding carboxylic acids is 1. The first-order chi connectivity index (χ1) is 11.4. The van der Waals surface area contributed by atoms with E-state index in [-0.39, 0.29) is 23.9 Å². The molecular formula is C18H22FN3O2. The van der Waals surface area contributed by atoms with E-state index in [0.717, 1.165) is 16.8 Å². The molecule has 1 amide bonds. The first-order valence-electron chi connectivity index (χ1n) is 8.11. The van der Waals surface area contributed by atoms with Crippen molar-refractivity contribution in [1.82, 2.24) is 15.1 Å². The molecule has 0 radical (unpaired) electrons. The number of hydrogen-bond acceptors (Lipinski definition) is 3. The van der Waals surface area contributed by atoms with Gasteiger partial charge >= 0.3 is 0 Å². The summed E-state index contributed by atoms with van der Waals surface area (Å²) >= 11 is 0. The van der Waals surface area contributed by atoms with E-state index in [1.807, 2.05) is 20.9 Å². The average molecular weight is 331 g/mol. The van der Waals surface area contributed by atoms with Gasteiger partial charge in [0.25, 0.3) is 5.91 Å². The molecule has 1 aromatic carbocycles. The van der Waals surface area contributed by atoms with Crippen molar-refractivity contribution in [2.75, 3.05) is 0 Å². The van der Waals surface area contributed by atoms with Crippen molar-refractivity contribution in [3.63, 3.8) is 0 Å². The van der Waals surface area contributed by atoms with E-state index in [2.05, 4.69) is 10.4 Å². The Kier molecular flexibility index (Phi) is 4.41. The van der Waals surface area contributed by atoms with E-state index >= 15 is 0 Å². The fraction of sp³-hybridized carbons (Fsp3) is 0.444. The quantitative estimate of drug-likeness (QED) is 0.941. The van der Waals surface area contributed by atoms with Crippen LogP contribution in [0.4, 0.5) is 4.39 Å². The minimum absolute atomic E-state index is 0.0583. The van der Waals surface area contributed by atoms with Crippen LogP contribution in [0.15, 0.2) is 18.2 Å². The zero-order valence-electron chi connectivity index (χ0n) is 14.4. The molecule has 5 nitrogen and oxygen atoms in total. The van der Waals surface area contributed by atoms with E-state index < -0.39 is 0 Å². The Morgan fingerprint density at radius 3 is 2.92 bits per heavy atom. The summed E-state index contributed by atoms with van der Waals surface area (Å²) < 4.78 is 20.9. The standard InChI is InChI=1S/C18H22FN3O2/c1-10-7-13(5-6-15(10)19)9-20-18(23)16-14-8-11(2)24-12(3)17(14)22(4)21-16/h5-7,11-12H,8-9H2,1-4H3,(H,20,23)/t11-,12+/m1/s1. The number of benzene rings is 1. The lowest BCUT2D eigenvalue weighted by atomic mass is 9.99. The monoisotopic (exact) mass is 331 g/mol. The molecule has 0 aliphatic carbocycles. The number of aryl methyl sites for hydroxylation is 2. The molecule has 0 spiro atoms. The van der Waals surface area contributed by atoms with Gasteiger partial charge in [0.15, 0.2) is 5.69 Å². The lowest BCUT2D eigenvalue weighted by Crippen LogP contribution is -2.27. The molecule has 2 heterocycles. The third kappa shape index (κ3) is 3.06. The highest BCUT2D eigenvalue weighted by Crippen LogP contribution is 2.31. The van der Waals surface area contributed by atoms with Gasteiger partial charge in [-0.25, -0.2) is 4.39 Å². The van der Waals surface area contributed by atoms with Crippen molar-refractivity contribution in [3.8, 4) is 0 Å². The van der Waals surface area contributed by atoms with Crippen LogP contribution in [0.5, 0.6) is 0 Å². The first-order valence-corrected chi connectivity index (χ1v) is 8.11. The summed E-state index contributed by atoms with van der Waals surface area (Å²) in [6, 6.07) is 4.83. The van der Waals surface area contributed by atoms with E-state index in [0.29, 0.717) is 24.2 Å². The Balaban J connectivity index is 1.78. The van der Waals surface area contributed by atoms with Gasteiger partial charge in [-0.1, -0.05) is 12.1 Å². The van der Waals surface area contributed by atoms with Crippen LogP contribution >= 0.6 is 0 Å². The number of fused-ring (bicyclic) bond motifs is 1. The highest BCUT2D eigenvalue weighted by molar-refractivity contribution is 5.94. The van der Waals surface area contributed by atoms with E-state index in [4.69, 9.17) is 4.74 Å². The van der Waals surface area contributed by atoms with Crippen molar-refractivity contribution in [1.29, 1.82) is 0 Å². The highest BCUT2D eigenvalue weighted by Gasteiger charge is 2.31. The topological polar surface area (TPSA) is 56.2 Å². The third-order valence-electron chi connectivity index (χ3n) is 4.40. The number of halogens is 1. The number of aromatic nitrogens is 2. The Morgan fingerprint density at radius 2 is 2.21 bits per heavy atom. The normalized spacial score (nSPS) is 19.9. The van der Waals surface area contributed by atoms with E-state index in [1.165, 1.54) is 6.07 Å². The van der Waals surface area contributed by atoms with Crippen molar-refractivity contribution in [2.24, 2.45) is 7.05 Å². The van der Waals surface area contributed by atoms with Gasteiger partial charge in [0.1, 0.15) is 5.82 Å². The molecule has 128 valence electrons. The number of hydrogen-bond donors (Lipinski definition) is 1. The molecule has 1 aliphatic heterocycles. The smallest absolute Gasteiger partial charge is 0.272 e. The molecule has 2 atom stereocenters. The van der Waals surface area contributed by atoms with Gasteiger partial charge in [-0.05, 0) is 38.0 Å². The van der Waals surface area contributed by atoms with Gasteiger partial charge in [-0.2, -0.15) is 5.10 Å². The zero-order valence-corrected chi connectivity index (χ0v) is 14.4. The van der Waals surface area contributed by atoms with Gasteiger partial charge in [0.05, 0.1) is 17.9 Å². The maximum Gasteiger partial charge on any atom is 0.272 e. The van der Waals surface area contributed by atoms with Gasteiger partial charge < -0.3 is 10.1 Å². The Hall–Kier alpha value is -2.21. The van der Waals surface area contributed by atoms with Gasteiger partial charge in [-0.3, -0.25) is 9.48 Å². The molecule has 1 aromatic heterocycles. The maximum atomic E-state index is 13.3. The van der Waals surface area contributed by atoms with Crippen molar-refractivity contribution >= 4 is 5.91 Å². The first kappa shape index (κ1) is 16.6. The Bertz CT molecular complexity index is 785. The number of carbonyl (C=O) groups is 1. The predicted molar refractivity (Wildman–Crippen MR) is 88.2 cm³/mol. The van der Waals surface area contributed by atoms with Crippen LogP contribution in [-0.4, -0.2) is 21.8 Å². The summed E-state index contributed by atoms with van der Waals surface area (Å²) in [7, 11) is 1.83. The Morgan fingerprint density at radius 1 is 1.46 bits per heavy atom. The molecular weight excluding hydrogens is 309 g/mol. The van der Waals surface area contributed by atoms with Crippen molar-refractivity contribution in [2.45, 2.75) is 45.9 Å². The molecule has 1 N–H and O–H groups in total. The maximum absolute atomic E-state index is 13.3. The second kappa shape index (κ2) is 6.36. The van der Waals surface area contributed by atoms with Crippen LogP contribution < -0.4 is 5.32 Å². The summed E-state index contributed by atoms with van der Waals surface area (Å²) in [6.45, 7) is 6.01. The fourth-order valence-corrected chi connectivity index (χ4v) is 3.30. The molecule has 2 aromatic rings. The number of ether oxygens (including phenoxy) is 1. The number of nitrogens with one attached hydrogen (secondary N) is 1. The fourth-order valence-electron chi connectivity index (χ4n) is 3.30. The van der Waals surface area contributed by atoms with Gasteiger partial charge in [-0.15, -0.1) is 0 Å². The van der Waals surface area contributed by atoms with Crippen LogP contribution in [0.2, 0.25) is 0 Å². The van der Waals surface area contributed by atoms with Crippen LogP contribution in [-0.2, 0) is 24.8 Å². The summed E-state index contributed by atoms with van der Waals surface area (Å²) in [5.41, 5.74) is 3.79. The molecule has 0 fully saturated rings. The largest absolute Gasteiger partial charge is 0.369 e. The third-order valence-corrected chi connectivity index (χ3v) is 4.40. The molecule has 1 aliphatic rings. The van der Waals surface area contributed by atoms with E-state index in [1.54, 1.807) is 23.7 Å². The number of nitrogens with zero attached hydrogens (tertiary/aromatic N) is 2. The molecule has 6 heteroatoms. The van der Waals surface area contributed by atoms with E-state index in [9.17, 15) is 9.18 Å². The summed E-state index contributed by atoms with van der Waals surface area (Å²) in [5, 5.41) is 7.26. The average Bonchev–Trinajstić information content (AvgIpc) is 2.85. The van der Waals surface area contributed by atoms with Crippen LogP contribution in [0.1, 0.15) is 52.8 Å². The Labute approximate surface area is 140 Å². The molecule has 24 heavy (non-hydrogen) atoms. The molecule has 0 saturated heterocycles. The van der Waals surface area contributed by atoms with Gasteiger partial charge in [0, 0.05) is 25.6 Å². The van der Waals surface area contributed by atoms with Crippen molar-refractivity contribution in [3.05, 3.63) is 52.1 Å². The summed E-state index contributed by atoms with van der Waals surface area (Å²) in [6.07, 6.45) is 0.650. The van der Waals surface area contributed by atoms with Crippen molar-refractivity contribution < 1.29 is 13.9 Å². The molecule has 0 bridgehead atoms. The second-order valence-corrected chi connectivity index (χ2v) is 6.40. The summed E-state index contributed by atoms with van der Waals surface area (Å²) in [5.74, 6) is -0.457. The lowest BCUT2D eigenvalue weighted by molar-refractivity contribution is -0.00903. The van der Waals surface area contributed by atoms with Crippen LogP contribution in [0.25, 0.3) is 0 Å². The van der Waals surface area contributed by atoms with Crippen LogP contribution in [0.3, 0.4) is 0 Å². The lowest BCUT2D eigenvalue weighted by Gasteiger charge is -2.26.